The smallest absolute Gasteiger partial charge is 0.410 e. The van der Waals surface area contributed by atoms with Gasteiger partial charge in [0.1, 0.15) is 12.6 Å². The van der Waals surface area contributed by atoms with Crippen molar-refractivity contribution < 1.29 is 19.1 Å². The molecule has 2 rings (SSSR count). The van der Waals surface area contributed by atoms with Crippen molar-refractivity contribution in [3.8, 4) is 0 Å². The molecule has 2 aliphatic rings. The fraction of sp³-hybridized carbons (Fsp3) is 0.857. The van der Waals surface area contributed by atoms with E-state index in [2.05, 4.69) is 24.5 Å². The average Bonchev–Trinajstić information content (AvgIpc) is 3.24. The number of carbonyl (C=O) groups excluding carboxylic acids is 3. The van der Waals surface area contributed by atoms with E-state index in [1.165, 1.54) is 0 Å². The highest BCUT2D eigenvalue weighted by Gasteiger charge is 2.43. The highest BCUT2D eigenvalue weighted by atomic mass is 16.6. The fourth-order valence-corrected chi connectivity index (χ4v) is 3.98. The Morgan fingerprint density at radius 3 is 2.45 bits per heavy atom. The van der Waals surface area contributed by atoms with E-state index in [0.29, 0.717) is 19.7 Å². The Morgan fingerprint density at radius 2 is 1.90 bits per heavy atom. The molecule has 4 atom stereocenters. The third-order valence-corrected chi connectivity index (χ3v) is 6.08. The molecule has 8 heteroatoms. The molecule has 0 aromatic heterocycles. The lowest BCUT2D eigenvalue weighted by atomic mass is 9.85. The van der Waals surface area contributed by atoms with E-state index in [9.17, 15) is 14.4 Å². The molecular formula is C21H38N4O4. The summed E-state index contributed by atoms with van der Waals surface area (Å²) in [7, 11) is 1.72. The molecule has 2 heterocycles. The molecule has 166 valence electrons. The summed E-state index contributed by atoms with van der Waals surface area (Å²) in [6, 6.07) is -1.03. The molecule has 8 nitrogen and oxygen atoms in total. The minimum Gasteiger partial charge on any atom is -0.447 e. The van der Waals surface area contributed by atoms with E-state index >= 15 is 0 Å². The third-order valence-electron chi connectivity index (χ3n) is 6.08. The molecule has 2 fully saturated rings. The van der Waals surface area contributed by atoms with E-state index in [-0.39, 0.29) is 42.0 Å². The number of nitrogens with one attached hydrogen (secondary N) is 2. The van der Waals surface area contributed by atoms with Crippen molar-refractivity contribution in [3.05, 3.63) is 0 Å². The van der Waals surface area contributed by atoms with Crippen LogP contribution in [0.25, 0.3) is 0 Å². The Bertz CT molecular complexity index is 616. The van der Waals surface area contributed by atoms with E-state index in [1.54, 1.807) is 18.9 Å². The molecule has 0 saturated carbocycles. The van der Waals surface area contributed by atoms with Gasteiger partial charge < -0.3 is 20.3 Å². The van der Waals surface area contributed by atoms with Crippen LogP contribution in [0.3, 0.4) is 0 Å². The Hall–Kier alpha value is -1.83. The first-order valence-corrected chi connectivity index (χ1v) is 10.7. The molecule has 0 spiro atoms. The Morgan fingerprint density at radius 1 is 1.24 bits per heavy atom. The van der Waals surface area contributed by atoms with Gasteiger partial charge in [0, 0.05) is 19.1 Å². The second-order valence-electron chi connectivity index (χ2n) is 9.69. The number of carbonyl (C=O) groups is 3. The van der Waals surface area contributed by atoms with Gasteiger partial charge in [-0.05, 0) is 38.1 Å². The van der Waals surface area contributed by atoms with Crippen LogP contribution in [0.15, 0.2) is 0 Å². The molecule has 2 aliphatic heterocycles. The highest BCUT2D eigenvalue weighted by molar-refractivity contribution is 5.90. The van der Waals surface area contributed by atoms with Crippen LogP contribution < -0.4 is 10.6 Å². The van der Waals surface area contributed by atoms with Gasteiger partial charge in [0.05, 0.1) is 12.1 Å². The summed E-state index contributed by atoms with van der Waals surface area (Å²) in [4.78, 5) is 41.8. The molecular weight excluding hydrogens is 372 g/mol. The molecule has 0 aromatic rings. The van der Waals surface area contributed by atoms with Crippen molar-refractivity contribution in [2.45, 2.75) is 78.6 Å². The van der Waals surface area contributed by atoms with Crippen LogP contribution in [-0.2, 0) is 14.3 Å². The SMILES string of the molecule is CN[C@@H](C)C(=O)N[C@H](C(=O)N1CCC[C@H]1CN1C(=O)OCC1C(C)C)C(C)(C)C. The number of likely N-dealkylation sites (N-methyl/N-ethyl adjacent to an activating group) is 1. The summed E-state index contributed by atoms with van der Waals surface area (Å²) in [5.41, 5.74) is -0.430. The number of rotatable bonds is 7. The number of nitrogens with zero attached hydrogens (tertiary/aromatic N) is 2. The second-order valence-corrected chi connectivity index (χ2v) is 9.69. The zero-order valence-electron chi connectivity index (χ0n) is 18.9. The molecule has 0 radical (unpaired) electrons. The zero-order valence-corrected chi connectivity index (χ0v) is 18.9. The molecule has 0 aromatic carbocycles. The lowest BCUT2D eigenvalue weighted by Crippen LogP contribution is -2.59. The number of hydrogen-bond donors (Lipinski definition) is 2. The van der Waals surface area contributed by atoms with Gasteiger partial charge in [-0.1, -0.05) is 34.6 Å². The van der Waals surface area contributed by atoms with Gasteiger partial charge in [-0.25, -0.2) is 4.79 Å². The second kappa shape index (κ2) is 9.32. The van der Waals surface area contributed by atoms with Gasteiger partial charge in [-0.2, -0.15) is 0 Å². The Labute approximate surface area is 174 Å². The Balaban J connectivity index is 2.15. The summed E-state index contributed by atoms with van der Waals surface area (Å²) in [6.45, 7) is 13.3. The quantitative estimate of drug-likeness (QED) is 0.665. The van der Waals surface area contributed by atoms with Crippen LogP contribution in [0.2, 0.25) is 0 Å². The molecule has 2 N–H and O–H groups in total. The zero-order chi connectivity index (χ0) is 21.9. The van der Waals surface area contributed by atoms with Crippen LogP contribution in [0.4, 0.5) is 4.79 Å². The number of cyclic esters (lactones) is 1. The number of ether oxygens (including phenoxy) is 1. The van der Waals surface area contributed by atoms with Crippen molar-refractivity contribution in [3.63, 3.8) is 0 Å². The summed E-state index contributed by atoms with van der Waals surface area (Å²) in [6.07, 6.45) is 1.44. The molecule has 0 bridgehead atoms. The summed E-state index contributed by atoms with van der Waals surface area (Å²) < 4.78 is 5.26. The minimum atomic E-state index is -0.627. The van der Waals surface area contributed by atoms with Gasteiger partial charge in [0.25, 0.3) is 0 Å². The van der Waals surface area contributed by atoms with Crippen molar-refractivity contribution in [2.75, 3.05) is 26.7 Å². The molecule has 29 heavy (non-hydrogen) atoms. The standard InChI is InChI=1S/C21H38N4O4/c1-13(2)16-12-29-20(28)25(16)11-15-9-8-10-24(15)19(27)17(21(4,5)6)23-18(26)14(3)22-7/h13-17,22H,8-12H2,1-7H3,(H,23,26)/t14-,15-,16?,17+/m0/s1. The first-order valence-electron chi connectivity index (χ1n) is 10.7. The van der Waals surface area contributed by atoms with Crippen LogP contribution in [0.5, 0.6) is 0 Å². The topological polar surface area (TPSA) is 91.0 Å². The predicted molar refractivity (Wildman–Crippen MR) is 111 cm³/mol. The van der Waals surface area contributed by atoms with E-state index in [0.717, 1.165) is 12.8 Å². The highest BCUT2D eigenvalue weighted by Crippen LogP contribution is 2.28. The largest absolute Gasteiger partial charge is 0.447 e. The summed E-state index contributed by atoms with van der Waals surface area (Å²) in [5, 5.41) is 5.85. The first kappa shape index (κ1) is 23.4. The number of hydrogen-bond acceptors (Lipinski definition) is 5. The van der Waals surface area contributed by atoms with Gasteiger partial charge in [0.15, 0.2) is 0 Å². The lowest BCUT2D eigenvalue weighted by molar-refractivity contribution is -0.140. The monoisotopic (exact) mass is 410 g/mol. The van der Waals surface area contributed by atoms with Crippen LogP contribution in [-0.4, -0.2) is 78.6 Å². The maximum Gasteiger partial charge on any atom is 0.410 e. The normalized spacial score (nSPS) is 24.6. The van der Waals surface area contributed by atoms with Gasteiger partial charge >= 0.3 is 6.09 Å². The van der Waals surface area contributed by atoms with E-state index in [4.69, 9.17) is 4.74 Å². The molecule has 0 aliphatic carbocycles. The average molecular weight is 411 g/mol. The van der Waals surface area contributed by atoms with Crippen LogP contribution >= 0.6 is 0 Å². The maximum atomic E-state index is 13.5. The van der Waals surface area contributed by atoms with Crippen LogP contribution in [0.1, 0.15) is 54.4 Å². The van der Waals surface area contributed by atoms with Crippen molar-refractivity contribution >= 4 is 17.9 Å². The van der Waals surface area contributed by atoms with Gasteiger partial charge in [0.2, 0.25) is 11.8 Å². The fourth-order valence-electron chi connectivity index (χ4n) is 3.98. The van der Waals surface area contributed by atoms with E-state index in [1.807, 2.05) is 25.7 Å². The van der Waals surface area contributed by atoms with Crippen molar-refractivity contribution in [1.29, 1.82) is 0 Å². The van der Waals surface area contributed by atoms with Crippen LogP contribution in [0, 0.1) is 11.3 Å². The minimum absolute atomic E-state index is 0.0367. The molecule has 2 saturated heterocycles. The first-order chi connectivity index (χ1) is 13.5. The maximum absolute atomic E-state index is 13.5. The van der Waals surface area contributed by atoms with Gasteiger partial charge in [-0.3, -0.25) is 14.5 Å². The molecule has 1 unspecified atom stereocenters. The van der Waals surface area contributed by atoms with E-state index < -0.39 is 11.5 Å². The van der Waals surface area contributed by atoms with Gasteiger partial charge in [-0.15, -0.1) is 0 Å². The summed E-state index contributed by atoms with van der Waals surface area (Å²) >= 11 is 0. The van der Waals surface area contributed by atoms with Crippen molar-refractivity contribution in [2.24, 2.45) is 11.3 Å². The summed E-state index contributed by atoms with van der Waals surface area (Å²) in [5.74, 6) is 0.0153. The lowest BCUT2D eigenvalue weighted by Gasteiger charge is -2.37. The number of amides is 3. The number of likely N-dealkylation sites (tertiary alicyclic amines) is 1. The molecule has 3 amide bonds. The Kier molecular flexibility index (Phi) is 7.54. The third kappa shape index (κ3) is 5.41. The predicted octanol–water partition coefficient (Wildman–Crippen LogP) is 1.59. The van der Waals surface area contributed by atoms with Crippen molar-refractivity contribution in [1.82, 2.24) is 20.4 Å².